The average Bonchev–Trinajstić information content (AvgIpc) is 2.28. The van der Waals surface area contributed by atoms with E-state index in [-0.39, 0.29) is 18.4 Å². The SMILES string of the molecule is CCC1CCC(NC(=O)CC(C)N)(C(=O)O)CC1. The van der Waals surface area contributed by atoms with Crippen LogP contribution in [0, 0.1) is 5.92 Å². The van der Waals surface area contributed by atoms with Crippen LogP contribution in [0.15, 0.2) is 0 Å². The second kappa shape index (κ2) is 6.18. The summed E-state index contributed by atoms with van der Waals surface area (Å²) in [6.07, 6.45) is 4.01. The van der Waals surface area contributed by atoms with E-state index in [0.717, 1.165) is 19.3 Å². The molecule has 1 unspecified atom stereocenters. The number of hydrogen-bond acceptors (Lipinski definition) is 3. The Hall–Kier alpha value is -1.10. The van der Waals surface area contributed by atoms with Crippen molar-refractivity contribution < 1.29 is 14.7 Å². The van der Waals surface area contributed by atoms with E-state index in [4.69, 9.17) is 5.73 Å². The van der Waals surface area contributed by atoms with Gasteiger partial charge in [-0.05, 0) is 38.5 Å². The first kappa shape index (κ1) is 15.0. The highest BCUT2D eigenvalue weighted by atomic mass is 16.4. The molecule has 18 heavy (non-hydrogen) atoms. The molecule has 1 rings (SSSR count). The number of amides is 1. The van der Waals surface area contributed by atoms with Gasteiger partial charge in [-0.3, -0.25) is 4.79 Å². The molecule has 0 heterocycles. The highest BCUT2D eigenvalue weighted by Crippen LogP contribution is 2.34. The van der Waals surface area contributed by atoms with E-state index < -0.39 is 11.5 Å². The van der Waals surface area contributed by atoms with E-state index in [1.807, 2.05) is 0 Å². The van der Waals surface area contributed by atoms with Gasteiger partial charge in [0.2, 0.25) is 5.91 Å². The minimum absolute atomic E-state index is 0.173. The Bertz CT molecular complexity index is 307. The number of nitrogens with two attached hydrogens (primary N) is 1. The molecule has 0 aliphatic heterocycles. The van der Waals surface area contributed by atoms with Gasteiger partial charge in [-0.2, -0.15) is 0 Å². The lowest BCUT2D eigenvalue weighted by Gasteiger charge is -2.37. The Labute approximate surface area is 108 Å². The standard InChI is InChI=1S/C13H24N2O3/c1-3-10-4-6-13(7-5-10,12(17)18)15-11(16)8-9(2)14/h9-10H,3-8,14H2,1-2H3,(H,15,16)(H,17,18). The largest absolute Gasteiger partial charge is 0.480 e. The number of hydrogen-bond donors (Lipinski definition) is 3. The molecular formula is C13H24N2O3. The second-order valence-electron chi connectivity index (χ2n) is 5.47. The maximum Gasteiger partial charge on any atom is 0.329 e. The first-order valence-electron chi connectivity index (χ1n) is 6.69. The summed E-state index contributed by atoms with van der Waals surface area (Å²) < 4.78 is 0. The molecule has 1 aliphatic rings. The number of rotatable bonds is 5. The number of carboxylic acid groups (broad SMARTS) is 1. The van der Waals surface area contributed by atoms with Crippen LogP contribution in [0.25, 0.3) is 0 Å². The van der Waals surface area contributed by atoms with E-state index >= 15 is 0 Å². The number of nitrogens with one attached hydrogen (secondary N) is 1. The van der Waals surface area contributed by atoms with E-state index in [9.17, 15) is 14.7 Å². The van der Waals surface area contributed by atoms with Crippen molar-refractivity contribution in [2.24, 2.45) is 11.7 Å². The summed E-state index contributed by atoms with van der Waals surface area (Å²) in [5.41, 5.74) is 4.48. The highest BCUT2D eigenvalue weighted by Gasteiger charge is 2.42. The summed E-state index contributed by atoms with van der Waals surface area (Å²) in [4.78, 5) is 23.2. The van der Waals surface area contributed by atoms with Gasteiger partial charge in [0, 0.05) is 12.5 Å². The predicted octanol–water partition coefficient (Wildman–Crippen LogP) is 1.26. The van der Waals surface area contributed by atoms with Crippen molar-refractivity contribution in [3.05, 3.63) is 0 Å². The van der Waals surface area contributed by atoms with Crippen LogP contribution in [0.5, 0.6) is 0 Å². The molecule has 1 aliphatic carbocycles. The van der Waals surface area contributed by atoms with Crippen LogP contribution in [-0.4, -0.2) is 28.6 Å². The molecule has 5 nitrogen and oxygen atoms in total. The Morgan fingerprint density at radius 3 is 2.39 bits per heavy atom. The molecule has 1 amide bonds. The van der Waals surface area contributed by atoms with Crippen molar-refractivity contribution >= 4 is 11.9 Å². The summed E-state index contributed by atoms with van der Waals surface area (Å²) in [6, 6.07) is -0.247. The van der Waals surface area contributed by atoms with Crippen LogP contribution < -0.4 is 11.1 Å². The molecule has 0 aromatic rings. The van der Waals surface area contributed by atoms with E-state index in [1.54, 1.807) is 6.92 Å². The highest BCUT2D eigenvalue weighted by molar-refractivity contribution is 5.87. The fourth-order valence-electron chi connectivity index (χ4n) is 2.58. The Morgan fingerprint density at radius 1 is 1.44 bits per heavy atom. The van der Waals surface area contributed by atoms with Crippen molar-refractivity contribution in [2.75, 3.05) is 0 Å². The van der Waals surface area contributed by atoms with Gasteiger partial charge in [0.15, 0.2) is 0 Å². The van der Waals surface area contributed by atoms with Crippen molar-refractivity contribution in [3.63, 3.8) is 0 Å². The summed E-state index contributed by atoms with van der Waals surface area (Å²) in [5.74, 6) is -0.597. The zero-order valence-electron chi connectivity index (χ0n) is 11.2. The molecule has 1 atom stereocenters. The third-order valence-corrected chi connectivity index (χ3v) is 3.83. The van der Waals surface area contributed by atoms with Crippen LogP contribution in [0.1, 0.15) is 52.4 Å². The molecule has 0 radical (unpaired) electrons. The number of carbonyl (C=O) groups is 2. The quantitative estimate of drug-likeness (QED) is 0.690. The lowest BCUT2D eigenvalue weighted by Crippen LogP contribution is -2.56. The fraction of sp³-hybridized carbons (Fsp3) is 0.846. The third-order valence-electron chi connectivity index (χ3n) is 3.83. The zero-order valence-corrected chi connectivity index (χ0v) is 11.2. The average molecular weight is 256 g/mol. The minimum atomic E-state index is -1.07. The summed E-state index contributed by atoms with van der Waals surface area (Å²) >= 11 is 0. The van der Waals surface area contributed by atoms with Crippen molar-refractivity contribution in [1.29, 1.82) is 0 Å². The fourth-order valence-corrected chi connectivity index (χ4v) is 2.58. The molecule has 104 valence electrons. The van der Waals surface area contributed by atoms with Crippen LogP contribution in [0.3, 0.4) is 0 Å². The Kier molecular flexibility index (Phi) is 5.14. The molecule has 0 aromatic carbocycles. The zero-order chi connectivity index (χ0) is 13.8. The molecule has 4 N–H and O–H groups in total. The monoisotopic (exact) mass is 256 g/mol. The van der Waals surface area contributed by atoms with Gasteiger partial charge in [0.05, 0.1) is 0 Å². The van der Waals surface area contributed by atoms with Gasteiger partial charge in [0.25, 0.3) is 0 Å². The van der Waals surface area contributed by atoms with E-state index in [1.165, 1.54) is 0 Å². The van der Waals surface area contributed by atoms with Gasteiger partial charge in [0.1, 0.15) is 5.54 Å². The topological polar surface area (TPSA) is 92.4 Å². The molecule has 1 fully saturated rings. The summed E-state index contributed by atoms with van der Waals surface area (Å²) in [7, 11) is 0. The maximum atomic E-state index is 11.7. The maximum absolute atomic E-state index is 11.7. The summed E-state index contributed by atoms with van der Waals surface area (Å²) in [6.45, 7) is 3.86. The van der Waals surface area contributed by atoms with Gasteiger partial charge in [-0.15, -0.1) is 0 Å². The molecule has 0 aromatic heterocycles. The molecule has 5 heteroatoms. The lowest BCUT2D eigenvalue weighted by atomic mass is 9.75. The lowest BCUT2D eigenvalue weighted by molar-refractivity contribution is -0.149. The molecule has 1 saturated carbocycles. The van der Waals surface area contributed by atoms with Crippen LogP contribution >= 0.6 is 0 Å². The second-order valence-corrected chi connectivity index (χ2v) is 5.47. The Morgan fingerprint density at radius 2 is 2.00 bits per heavy atom. The third kappa shape index (κ3) is 3.70. The molecule has 0 saturated heterocycles. The first-order valence-corrected chi connectivity index (χ1v) is 6.69. The van der Waals surface area contributed by atoms with Gasteiger partial charge in [-0.25, -0.2) is 4.79 Å². The van der Waals surface area contributed by atoms with E-state index in [2.05, 4.69) is 12.2 Å². The minimum Gasteiger partial charge on any atom is -0.480 e. The van der Waals surface area contributed by atoms with Gasteiger partial charge >= 0.3 is 5.97 Å². The molecular weight excluding hydrogens is 232 g/mol. The predicted molar refractivity (Wildman–Crippen MR) is 69.0 cm³/mol. The van der Waals surface area contributed by atoms with Crippen LogP contribution in [0.4, 0.5) is 0 Å². The van der Waals surface area contributed by atoms with Gasteiger partial charge < -0.3 is 16.2 Å². The van der Waals surface area contributed by atoms with Crippen molar-refractivity contribution in [3.8, 4) is 0 Å². The van der Waals surface area contributed by atoms with Gasteiger partial charge in [-0.1, -0.05) is 13.3 Å². The molecule has 0 bridgehead atoms. The van der Waals surface area contributed by atoms with Crippen LogP contribution in [-0.2, 0) is 9.59 Å². The number of aliphatic carboxylic acids is 1. The Balaban J connectivity index is 2.65. The molecule has 0 spiro atoms. The van der Waals surface area contributed by atoms with Crippen LogP contribution in [0.2, 0.25) is 0 Å². The smallest absolute Gasteiger partial charge is 0.329 e. The summed E-state index contributed by atoms with van der Waals surface area (Å²) in [5, 5.41) is 12.1. The first-order chi connectivity index (χ1) is 8.39. The number of carboxylic acids is 1. The normalized spacial score (nSPS) is 29.6. The van der Waals surface area contributed by atoms with E-state index in [0.29, 0.717) is 18.8 Å². The number of carbonyl (C=O) groups excluding carboxylic acids is 1. The van der Waals surface area contributed by atoms with Crippen molar-refractivity contribution in [2.45, 2.75) is 64.0 Å². The van der Waals surface area contributed by atoms with Crippen molar-refractivity contribution in [1.82, 2.24) is 5.32 Å².